The summed E-state index contributed by atoms with van der Waals surface area (Å²) in [5.74, 6) is -0.322. The van der Waals surface area contributed by atoms with Crippen molar-refractivity contribution in [3.8, 4) is 5.75 Å². The number of aromatic hydroxyl groups is 1. The summed E-state index contributed by atoms with van der Waals surface area (Å²) >= 11 is 0. The SMILES string of the molecule is CCOC(=O)N1CCN(C(=NC)NCc2ccc(O)c(F)c2)CC1. The standard InChI is InChI=1S/C16H23FN4O3/c1-3-24-16(23)21-8-6-20(7-9-21)15(18-2)19-11-12-4-5-14(22)13(17)10-12/h4-5,10,22H,3,6-9,11H2,1-2H3,(H,18,19). The van der Waals surface area contributed by atoms with E-state index in [2.05, 4.69) is 10.3 Å². The number of phenols is 1. The largest absolute Gasteiger partial charge is 0.505 e. The third kappa shape index (κ3) is 4.50. The van der Waals surface area contributed by atoms with Crippen molar-refractivity contribution in [3.05, 3.63) is 29.6 Å². The van der Waals surface area contributed by atoms with Crippen LogP contribution in [0.2, 0.25) is 0 Å². The summed E-state index contributed by atoms with van der Waals surface area (Å²) in [4.78, 5) is 19.6. The third-order valence-electron chi connectivity index (χ3n) is 3.78. The molecular weight excluding hydrogens is 315 g/mol. The molecule has 0 spiro atoms. The predicted molar refractivity (Wildman–Crippen MR) is 88.4 cm³/mol. The Morgan fingerprint density at radius 3 is 2.58 bits per heavy atom. The second kappa shape index (κ2) is 8.37. The Hall–Kier alpha value is -2.51. The predicted octanol–water partition coefficient (Wildman–Crippen LogP) is 1.38. The Morgan fingerprint density at radius 1 is 1.33 bits per heavy atom. The first-order valence-corrected chi connectivity index (χ1v) is 7.89. The zero-order chi connectivity index (χ0) is 17.5. The van der Waals surface area contributed by atoms with Crippen LogP contribution in [0.4, 0.5) is 9.18 Å². The molecule has 7 nitrogen and oxygen atoms in total. The van der Waals surface area contributed by atoms with E-state index in [-0.39, 0.29) is 11.8 Å². The molecule has 1 amide bonds. The number of hydrogen-bond donors (Lipinski definition) is 2. The van der Waals surface area contributed by atoms with Gasteiger partial charge in [0, 0.05) is 39.8 Å². The molecule has 2 rings (SSSR count). The first-order valence-electron chi connectivity index (χ1n) is 7.89. The van der Waals surface area contributed by atoms with Crippen LogP contribution in [0.3, 0.4) is 0 Å². The smallest absolute Gasteiger partial charge is 0.409 e. The Morgan fingerprint density at radius 2 is 2.00 bits per heavy atom. The summed E-state index contributed by atoms with van der Waals surface area (Å²) < 4.78 is 18.4. The second-order valence-electron chi connectivity index (χ2n) is 5.36. The van der Waals surface area contributed by atoms with E-state index < -0.39 is 5.82 Å². The van der Waals surface area contributed by atoms with Crippen LogP contribution in [0.5, 0.6) is 5.75 Å². The molecule has 24 heavy (non-hydrogen) atoms. The van der Waals surface area contributed by atoms with E-state index in [0.29, 0.717) is 50.9 Å². The van der Waals surface area contributed by atoms with Gasteiger partial charge in [0.1, 0.15) is 0 Å². The van der Waals surface area contributed by atoms with Gasteiger partial charge in [0.05, 0.1) is 6.61 Å². The maximum Gasteiger partial charge on any atom is 0.409 e. The van der Waals surface area contributed by atoms with Crippen LogP contribution >= 0.6 is 0 Å². The van der Waals surface area contributed by atoms with Crippen LogP contribution in [-0.4, -0.2) is 66.8 Å². The van der Waals surface area contributed by atoms with Gasteiger partial charge in [-0.25, -0.2) is 9.18 Å². The van der Waals surface area contributed by atoms with Gasteiger partial charge in [0.25, 0.3) is 0 Å². The summed E-state index contributed by atoms with van der Waals surface area (Å²) in [6.45, 7) is 4.95. The van der Waals surface area contributed by atoms with Crippen LogP contribution in [0.1, 0.15) is 12.5 Å². The van der Waals surface area contributed by atoms with Crippen molar-refractivity contribution in [2.24, 2.45) is 4.99 Å². The number of piperazine rings is 1. The third-order valence-corrected chi connectivity index (χ3v) is 3.78. The molecule has 2 N–H and O–H groups in total. The Labute approximate surface area is 140 Å². The van der Waals surface area contributed by atoms with Crippen molar-refractivity contribution in [1.29, 1.82) is 0 Å². The average molecular weight is 338 g/mol. The lowest BCUT2D eigenvalue weighted by Gasteiger charge is -2.35. The number of guanidine groups is 1. The fraction of sp³-hybridized carbons (Fsp3) is 0.500. The highest BCUT2D eigenvalue weighted by molar-refractivity contribution is 5.80. The lowest BCUT2D eigenvalue weighted by molar-refractivity contribution is 0.0914. The number of carbonyl (C=O) groups excluding carboxylic acids is 1. The molecule has 0 aromatic heterocycles. The number of nitrogens with zero attached hydrogens (tertiary/aromatic N) is 3. The molecule has 1 fully saturated rings. The summed E-state index contributed by atoms with van der Waals surface area (Å²) in [5, 5.41) is 12.4. The molecule has 0 atom stereocenters. The molecule has 8 heteroatoms. The average Bonchev–Trinajstić information content (AvgIpc) is 2.59. The van der Waals surface area contributed by atoms with Crippen LogP contribution in [0.15, 0.2) is 23.2 Å². The van der Waals surface area contributed by atoms with E-state index in [4.69, 9.17) is 4.74 Å². The van der Waals surface area contributed by atoms with Gasteiger partial charge in [-0.2, -0.15) is 0 Å². The Bertz CT molecular complexity index is 601. The Balaban J connectivity index is 1.86. The summed E-state index contributed by atoms with van der Waals surface area (Å²) in [7, 11) is 1.68. The van der Waals surface area contributed by atoms with Gasteiger partial charge < -0.3 is 25.0 Å². The van der Waals surface area contributed by atoms with E-state index in [1.54, 1.807) is 24.9 Å². The van der Waals surface area contributed by atoms with E-state index in [9.17, 15) is 14.3 Å². The molecule has 1 aliphatic heterocycles. The van der Waals surface area contributed by atoms with Crippen LogP contribution in [0, 0.1) is 5.82 Å². The maximum absolute atomic E-state index is 13.4. The highest BCUT2D eigenvalue weighted by Gasteiger charge is 2.23. The number of rotatable bonds is 3. The van der Waals surface area contributed by atoms with Gasteiger partial charge in [0.2, 0.25) is 0 Å². The van der Waals surface area contributed by atoms with Crippen LogP contribution in [-0.2, 0) is 11.3 Å². The molecular formula is C16H23FN4O3. The minimum atomic E-state index is -0.646. The molecule has 0 bridgehead atoms. The zero-order valence-electron chi connectivity index (χ0n) is 14.0. The van der Waals surface area contributed by atoms with E-state index in [0.717, 1.165) is 0 Å². The molecule has 0 aliphatic carbocycles. The van der Waals surface area contributed by atoms with Crippen LogP contribution < -0.4 is 5.32 Å². The quantitative estimate of drug-likeness (QED) is 0.643. The van der Waals surface area contributed by atoms with Crippen LogP contribution in [0.25, 0.3) is 0 Å². The second-order valence-corrected chi connectivity index (χ2v) is 5.36. The summed E-state index contributed by atoms with van der Waals surface area (Å²) in [6, 6.07) is 4.26. The van der Waals surface area contributed by atoms with Crippen molar-refractivity contribution in [3.63, 3.8) is 0 Å². The number of amides is 1. The lowest BCUT2D eigenvalue weighted by atomic mass is 10.2. The minimum absolute atomic E-state index is 0.292. The van der Waals surface area contributed by atoms with Gasteiger partial charge in [-0.3, -0.25) is 4.99 Å². The van der Waals surface area contributed by atoms with Crippen molar-refractivity contribution in [2.75, 3.05) is 39.8 Å². The molecule has 1 aromatic carbocycles. The molecule has 0 unspecified atom stereocenters. The van der Waals surface area contributed by atoms with E-state index in [1.807, 2.05) is 4.90 Å². The van der Waals surface area contributed by atoms with Gasteiger partial charge in [-0.05, 0) is 24.6 Å². The highest BCUT2D eigenvalue weighted by atomic mass is 19.1. The molecule has 1 heterocycles. The monoisotopic (exact) mass is 338 g/mol. The molecule has 1 aromatic rings. The van der Waals surface area contributed by atoms with Crippen molar-refractivity contribution in [1.82, 2.24) is 15.1 Å². The van der Waals surface area contributed by atoms with Gasteiger partial charge in [0.15, 0.2) is 17.5 Å². The molecule has 1 saturated heterocycles. The molecule has 0 radical (unpaired) electrons. The maximum atomic E-state index is 13.4. The minimum Gasteiger partial charge on any atom is -0.505 e. The normalized spacial score (nSPS) is 15.4. The van der Waals surface area contributed by atoms with Gasteiger partial charge in [-0.1, -0.05) is 6.07 Å². The van der Waals surface area contributed by atoms with E-state index in [1.165, 1.54) is 12.1 Å². The number of benzene rings is 1. The number of carbonyl (C=O) groups is 1. The highest BCUT2D eigenvalue weighted by Crippen LogP contribution is 2.16. The molecule has 0 saturated carbocycles. The number of ether oxygens (including phenoxy) is 1. The molecule has 132 valence electrons. The lowest BCUT2D eigenvalue weighted by Crippen LogP contribution is -2.53. The molecule has 1 aliphatic rings. The van der Waals surface area contributed by atoms with Crippen molar-refractivity contribution >= 4 is 12.1 Å². The number of phenolic OH excluding ortho intramolecular Hbond substituents is 1. The Kier molecular flexibility index (Phi) is 6.22. The first kappa shape index (κ1) is 17.8. The van der Waals surface area contributed by atoms with Gasteiger partial charge >= 0.3 is 6.09 Å². The fourth-order valence-corrected chi connectivity index (χ4v) is 2.49. The fourth-order valence-electron chi connectivity index (χ4n) is 2.49. The number of nitrogens with one attached hydrogen (secondary N) is 1. The summed E-state index contributed by atoms with van der Waals surface area (Å²) in [6.07, 6.45) is -0.292. The number of hydrogen-bond acceptors (Lipinski definition) is 4. The zero-order valence-corrected chi connectivity index (χ0v) is 14.0. The topological polar surface area (TPSA) is 77.4 Å². The number of halogens is 1. The van der Waals surface area contributed by atoms with E-state index >= 15 is 0 Å². The summed E-state index contributed by atoms with van der Waals surface area (Å²) in [5.41, 5.74) is 0.705. The van der Waals surface area contributed by atoms with Gasteiger partial charge in [-0.15, -0.1) is 0 Å². The van der Waals surface area contributed by atoms with Crippen molar-refractivity contribution in [2.45, 2.75) is 13.5 Å². The first-order chi connectivity index (χ1) is 11.5. The van der Waals surface area contributed by atoms with Crippen molar-refractivity contribution < 1.29 is 19.0 Å². The number of aliphatic imine (C=N–C) groups is 1.